The highest BCUT2D eigenvalue weighted by Crippen LogP contribution is 2.24. The highest BCUT2D eigenvalue weighted by Gasteiger charge is 2.23. The number of hydrogen-bond donors (Lipinski definition) is 1. The van der Waals surface area contributed by atoms with E-state index in [9.17, 15) is 4.79 Å². The minimum atomic E-state index is 0.0633. The summed E-state index contributed by atoms with van der Waals surface area (Å²) in [6.45, 7) is 2.96. The maximum absolute atomic E-state index is 12.6. The number of carbonyl (C=O) groups is 1. The van der Waals surface area contributed by atoms with E-state index in [0.29, 0.717) is 18.7 Å². The Labute approximate surface area is 136 Å². The normalized spacial score (nSPS) is 14.7. The Hall–Kier alpha value is -2.69. The third kappa shape index (κ3) is 3.23. The first-order chi connectivity index (χ1) is 11.2. The molecule has 120 valence electrons. The molecule has 1 fully saturated rings. The van der Waals surface area contributed by atoms with Gasteiger partial charge in [-0.25, -0.2) is 0 Å². The molecular formula is C18H21N3O2. The van der Waals surface area contributed by atoms with Crippen LogP contribution < -0.4 is 15.4 Å². The van der Waals surface area contributed by atoms with E-state index in [1.54, 1.807) is 7.11 Å². The molecule has 5 heteroatoms. The van der Waals surface area contributed by atoms with Gasteiger partial charge in [-0.15, -0.1) is 0 Å². The molecule has 0 aliphatic carbocycles. The van der Waals surface area contributed by atoms with E-state index in [-0.39, 0.29) is 5.91 Å². The molecule has 0 spiro atoms. The van der Waals surface area contributed by atoms with E-state index in [1.165, 1.54) is 0 Å². The predicted molar refractivity (Wildman–Crippen MR) is 92.0 cm³/mol. The molecule has 0 bridgehead atoms. The molecule has 1 aliphatic rings. The number of rotatable bonds is 3. The molecule has 2 aromatic carbocycles. The molecule has 1 amide bonds. The Balaban J connectivity index is 1.64. The molecule has 5 nitrogen and oxygen atoms in total. The molecule has 0 radical (unpaired) electrons. The molecule has 1 heterocycles. The lowest BCUT2D eigenvalue weighted by Gasteiger charge is -2.36. The number of nitrogen functional groups attached to an aromatic ring is 1. The van der Waals surface area contributed by atoms with E-state index in [0.717, 1.165) is 30.2 Å². The summed E-state index contributed by atoms with van der Waals surface area (Å²) in [5, 5.41) is 0. The van der Waals surface area contributed by atoms with Crippen LogP contribution in [0.2, 0.25) is 0 Å². The SMILES string of the molecule is COc1ccc(C(=O)N2CCN(c3ccccc3N)CC2)cc1. The lowest BCUT2D eigenvalue weighted by Crippen LogP contribution is -2.49. The Bertz CT molecular complexity index is 677. The molecule has 0 saturated carbocycles. The molecule has 0 atom stereocenters. The summed E-state index contributed by atoms with van der Waals surface area (Å²) in [5.41, 5.74) is 8.55. The van der Waals surface area contributed by atoms with Gasteiger partial charge in [-0.1, -0.05) is 12.1 Å². The van der Waals surface area contributed by atoms with Crippen molar-refractivity contribution in [2.24, 2.45) is 0 Å². The highest BCUT2D eigenvalue weighted by molar-refractivity contribution is 5.94. The van der Waals surface area contributed by atoms with Crippen LogP contribution in [0.3, 0.4) is 0 Å². The van der Waals surface area contributed by atoms with Crippen molar-refractivity contribution in [3.8, 4) is 5.75 Å². The van der Waals surface area contributed by atoms with Gasteiger partial charge in [0.2, 0.25) is 0 Å². The Morgan fingerprint density at radius 3 is 2.26 bits per heavy atom. The van der Waals surface area contributed by atoms with Crippen LogP contribution in [-0.4, -0.2) is 44.1 Å². The molecule has 0 unspecified atom stereocenters. The third-order valence-electron chi connectivity index (χ3n) is 4.18. The van der Waals surface area contributed by atoms with Gasteiger partial charge in [0.1, 0.15) is 5.75 Å². The second kappa shape index (κ2) is 6.60. The summed E-state index contributed by atoms with van der Waals surface area (Å²) in [4.78, 5) is 16.7. The van der Waals surface area contributed by atoms with Crippen molar-refractivity contribution in [3.63, 3.8) is 0 Å². The van der Waals surface area contributed by atoms with Crippen molar-refractivity contribution in [2.75, 3.05) is 43.9 Å². The van der Waals surface area contributed by atoms with Crippen molar-refractivity contribution in [2.45, 2.75) is 0 Å². The standard InChI is InChI=1S/C18H21N3O2/c1-23-15-8-6-14(7-9-15)18(22)21-12-10-20(11-13-21)17-5-3-2-4-16(17)19/h2-9H,10-13,19H2,1H3. The van der Waals surface area contributed by atoms with Crippen LogP contribution in [0, 0.1) is 0 Å². The first kappa shape index (κ1) is 15.2. The number of hydrogen-bond acceptors (Lipinski definition) is 4. The lowest BCUT2D eigenvalue weighted by atomic mass is 10.1. The Kier molecular flexibility index (Phi) is 4.37. The summed E-state index contributed by atoms with van der Waals surface area (Å²) in [5.74, 6) is 0.819. The number of amides is 1. The number of anilines is 2. The zero-order valence-electron chi connectivity index (χ0n) is 13.2. The number of benzene rings is 2. The molecular weight excluding hydrogens is 290 g/mol. The monoisotopic (exact) mass is 311 g/mol. The summed E-state index contributed by atoms with van der Waals surface area (Å²) >= 11 is 0. The van der Waals surface area contributed by atoms with Gasteiger partial charge in [0.05, 0.1) is 18.5 Å². The second-order valence-corrected chi connectivity index (χ2v) is 5.57. The number of carbonyl (C=O) groups excluding carboxylic acids is 1. The van der Waals surface area contributed by atoms with E-state index in [4.69, 9.17) is 10.5 Å². The topological polar surface area (TPSA) is 58.8 Å². The second-order valence-electron chi connectivity index (χ2n) is 5.57. The summed E-state index contributed by atoms with van der Waals surface area (Å²) in [6, 6.07) is 15.1. The largest absolute Gasteiger partial charge is 0.497 e. The van der Waals surface area contributed by atoms with Crippen molar-refractivity contribution in [1.82, 2.24) is 4.90 Å². The predicted octanol–water partition coefficient (Wildman–Crippen LogP) is 2.24. The smallest absolute Gasteiger partial charge is 0.253 e. The van der Waals surface area contributed by atoms with Crippen LogP contribution in [0.4, 0.5) is 11.4 Å². The minimum Gasteiger partial charge on any atom is -0.497 e. The van der Waals surface area contributed by atoms with E-state index < -0.39 is 0 Å². The first-order valence-corrected chi connectivity index (χ1v) is 7.72. The third-order valence-corrected chi connectivity index (χ3v) is 4.18. The van der Waals surface area contributed by atoms with Gasteiger partial charge >= 0.3 is 0 Å². The lowest BCUT2D eigenvalue weighted by molar-refractivity contribution is 0.0747. The van der Waals surface area contributed by atoms with Crippen LogP contribution in [0.1, 0.15) is 10.4 Å². The number of para-hydroxylation sites is 2. The molecule has 1 saturated heterocycles. The number of nitrogens with zero attached hydrogens (tertiary/aromatic N) is 2. The van der Waals surface area contributed by atoms with Crippen molar-refractivity contribution >= 4 is 17.3 Å². The molecule has 0 aromatic heterocycles. The van der Waals surface area contributed by atoms with Crippen molar-refractivity contribution < 1.29 is 9.53 Å². The van der Waals surface area contributed by atoms with Gasteiger partial charge in [0.15, 0.2) is 0 Å². The summed E-state index contributed by atoms with van der Waals surface area (Å²) < 4.78 is 5.13. The van der Waals surface area contributed by atoms with E-state index in [1.807, 2.05) is 53.4 Å². The fourth-order valence-corrected chi connectivity index (χ4v) is 2.84. The Morgan fingerprint density at radius 2 is 1.65 bits per heavy atom. The average Bonchev–Trinajstić information content (AvgIpc) is 2.62. The van der Waals surface area contributed by atoms with Gasteiger partial charge in [-0.2, -0.15) is 0 Å². The van der Waals surface area contributed by atoms with Crippen LogP contribution in [-0.2, 0) is 0 Å². The molecule has 1 aliphatic heterocycles. The summed E-state index contributed by atoms with van der Waals surface area (Å²) in [7, 11) is 1.62. The van der Waals surface area contributed by atoms with Gasteiger partial charge in [-0.05, 0) is 36.4 Å². The molecule has 2 N–H and O–H groups in total. The van der Waals surface area contributed by atoms with Gasteiger partial charge in [0, 0.05) is 31.7 Å². The highest BCUT2D eigenvalue weighted by atomic mass is 16.5. The average molecular weight is 311 g/mol. The quantitative estimate of drug-likeness (QED) is 0.883. The van der Waals surface area contributed by atoms with Crippen molar-refractivity contribution in [3.05, 3.63) is 54.1 Å². The van der Waals surface area contributed by atoms with E-state index >= 15 is 0 Å². The molecule has 2 aromatic rings. The Morgan fingerprint density at radius 1 is 1.00 bits per heavy atom. The van der Waals surface area contributed by atoms with Gasteiger partial charge in [-0.3, -0.25) is 4.79 Å². The number of ether oxygens (including phenoxy) is 1. The van der Waals surface area contributed by atoms with Crippen LogP contribution in [0.15, 0.2) is 48.5 Å². The molecule has 23 heavy (non-hydrogen) atoms. The maximum atomic E-state index is 12.6. The van der Waals surface area contributed by atoms with Crippen LogP contribution in [0.5, 0.6) is 5.75 Å². The molecule has 3 rings (SSSR count). The fraction of sp³-hybridized carbons (Fsp3) is 0.278. The van der Waals surface area contributed by atoms with Gasteiger partial charge < -0.3 is 20.3 Å². The maximum Gasteiger partial charge on any atom is 0.253 e. The van der Waals surface area contributed by atoms with Gasteiger partial charge in [0.25, 0.3) is 5.91 Å². The summed E-state index contributed by atoms with van der Waals surface area (Å²) in [6.07, 6.45) is 0. The fourth-order valence-electron chi connectivity index (χ4n) is 2.84. The zero-order valence-corrected chi connectivity index (χ0v) is 13.2. The van der Waals surface area contributed by atoms with Crippen molar-refractivity contribution in [1.29, 1.82) is 0 Å². The first-order valence-electron chi connectivity index (χ1n) is 7.72. The van der Waals surface area contributed by atoms with Crippen LogP contribution in [0.25, 0.3) is 0 Å². The van der Waals surface area contributed by atoms with Crippen LogP contribution >= 0.6 is 0 Å². The number of methoxy groups -OCH3 is 1. The number of piperazine rings is 1. The number of nitrogens with two attached hydrogens (primary N) is 1. The zero-order chi connectivity index (χ0) is 16.2. The minimum absolute atomic E-state index is 0.0633. The van der Waals surface area contributed by atoms with E-state index in [2.05, 4.69) is 4.90 Å².